The highest BCUT2D eigenvalue weighted by atomic mass is 16.2. The van der Waals surface area contributed by atoms with E-state index >= 15 is 0 Å². The highest BCUT2D eigenvalue weighted by Crippen LogP contribution is 2.35. The van der Waals surface area contributed by atoms with Gasteiger partial charge in [-0.1, -0.05) is 57.8 Å². The average molecular weight is 376 g/mol. The smallest absolute Gasteiger partial charge is 0.222 e. The number of ketones is 1. The third-order valence-corrected chi connectivity index (χ3v) is 7.40. The van der Waals surface area contributed by atoms with Gasteiger partial charge in [-0.3, -0.25) is 9.59 Å². The summed E-state index contributed by atoms with van der Waals surface area (Å²) in [5.41, 5.74) is 0. The zero-order chi connectivity index (χ0) is 18.9. The van der Waals surface area contributed by atoms with Crippen LogP contribution >= 0.6 is 0 Å². The molecule has 0 aromatic heterocycles. The maximum absolute atomic E-state index is 12.7. The Bertz CT molecular complexity index is 465. The summed E-state index contributed by atoms with van der Waals surface area (Å²) in [6, 6.07) is 0.543. The van der Waals surface area contributed by atoms with Crippen LogP contribution in [0.1, 0.15) is 116 Å². The van der Waals surface area contributed by atoms with Crippen molar-refractivity contribution in [3.63, 3.8) is 0 Å². The molecule has 1 heterocycles. The van der Waals surface area contributed by atoms with E-state index in [1.807, 2.05) is 0 Å². The molecule has 2 unspecified atom stereocenters. The number of carbonyl (C=O) groups is 2. The zero-order valence-electron chi connectivity index (χ0n) is 17.4. The molecule has 3 rings (SSSR count). The van der Waals surface area contributed by atoms with Gasteiger partial charge in [0.25, 0.3) is 0 Å². The van der Waals surface area contributed by atoms with Crippen molar-refractivity contribution in [2.45, 2.75) is 122 Å². The van der Waals surface area contributed by atoms with E-state index in [4.69, 9.17) is 0 Å². The summed E-state index contributed by atoms with van der Waals surface area (Å²) in [5, 5.41) is 0. The first-order valence-corrected chi connectivity index (χ1v) is 12.0. The zero-order valence-corrected chi connectivity index (χ0v) is 17.4. The van der Waals surface area contributed by atoms with Crippen molar-refractivity contribution in [2.24, 2.45) is 11.8 Å². The van der Waals surface area contributed by atoms with Crippen molar-refractivity contribution in [3.05, 3.63) is 0 Å². The van der Waals surface area contributed by atoms with Crippen LogP contribution in [0.3, 0.4) is 0 Å². The minimum Gasteiger partial charge on any atom is -0.339 e. The number of hydrogen-bond donors (Lipinski definition) is 0. The molecule has 3 heteroatoms. The van der Waals surface area contributed by atoms with Crippen molar-refractivity contribution >= 4 is 11.7 Å². The second-order valence-electron chi connectivity index (χ2n) is 9.50. The van der Waals surface area contributed by atoms with Crippen molar-refractivity contribution in [1.29, 1.82) is 0 Å². The Morgan fingerprint density at radius 2 is 1.37 bits per heavy atom. The van der Waals surface area contributed by atoms with E-state index < -0.39 is 0 Å². The molecule has 1 saturated heterocycles. The second kappa shape index (κ2) is 11.2. The minimum absolute atomic E-state index is 0.386. The highest BCUT2D eigenvalue weighted by Gasteiger charge is 2.35. The summed E-state index contributed by atoms with van der Waals surface area (Å²) >= 11 is 0. The molecule has 3 aliphatic rings. The van der Waals surface area contributed by atoms with E-state index in [-0.39, 0.29) is 0 Å². The Morgan fingerprint density at radius 3 is 2.19 bits per heavy atom. The Morgan fingerprint density at radius 1 is 0.704 bits per heavy atom. The molecular formula is C24H41NO2. The number of unbranched alkanes of at least 4 members (excludes halogenated alkanes) is 2. The van der Waals surface area contributed by atoms with E-state index in [1.165, 1.54) is 77.0 Å². The first-order chi connectivity index (χ1) is 13.2. The molecule has 0 bridgehead atoms. The molecule has 2 atom stereocenters. The molecule has 2 aliphatic carbocycles. The van der Waals surface area contributed by atoms with Crippen LogP contribution in [-0.2, 0) is 9.59 Å². The molecule has 0 spiro atoms. The van der Waals surface area contributed by atoms with Gasteiger partial charge in [-0.05, 0) is 50.4 Å². The normalized spacial score (nSPS) is 27.0. The van der Waals surface area contributed by atoms with Crippen molar-refractivity contribution in [1.82, 2.24) is 4.90 Å². The van der Waals surface area contributed by atoms with Crippen LogP contribution in [0.25, 0.3) is 0 Å². The number of nitrogens with zero attached hydrogens (tertiary/aromatic N) is 1. The molecule has 0 radical (unpaired) electrons. The van der Waals surface area contributed by atoms with Gasteiger partial charge >= 0.3 is 0 Å². The summed E-state index contributed by atoms with van der Waals surface area (Å²) in [7, 11) is 0. The Labute approximate surface area is 166 Å². The number of rotatable bonds is 8. The van der Waals surface area contributed by atoms with Gasteiger partial charge in [-0.2, -0.15) is 0 Å². The lowest BCUT2D eigenvalue weighted by Crippen LogP contribution is -2.49. The van der Waals surface area contributed by atoms with Crippen LogP contribution in [0, 0.1) is 11.8 Å². The summed E-state index contributed by atoms with van der Waals surface area (Å²) in [4.78, 5) is 27.2. The van der Waals surface area contributed by atoms with Crippen molar-refractivity contribution in [3.8, 4) is 0 Å². The van der Waals surface area contributed by atoms with E-state index in [9.17, 15) is 9.59 Å². The fraction of sp³-hybridized carbons (Fsp3) is 0.917. The van der Waals surface area contributed by atoms with Crippen LogP contribution in [0.2, 0.25) is 0 Å². The maximum atomic E-state index is 12.7. The molecule has 1 amide bonds. The Balaban J connectivity index is 1.28. The third kappa shape index (κ3) is 6.61. The number of hydrogen-bond acceptors (Lipinski definition) is 2. The molecule has 0 aromatic carbocycles. The molecule has 27 heavy (non-hydrogen) atoms. The first-order valence-electron chi connectivity index (χ1n) is 12.0. The van der Waals surface area contributed by atoms with Gasteiger partial charge in [0.1, 0.15) is 5.78 Å². The van der Waals surface area contributed by atoms with Gasteiger partial charge in [0.05, 0.1) is 0 Å². The standard InChI is InChI=1S/C24H41NO2/c26-22(19-20-11-4-1-2-5-12-20)15-6-3-7-17-24(27)25-18-10-14-21-13-8-9-16-23(21)25/h20-21,23H,1-19H2. The summed E-state index contributed by atoms with van der Waals surface area (Å²) < 4.78 is 0. The Hall–Kier alpha value is -0.860. The topological polar surface area (TPSA) is 37.4 Å². The van der Waals surface area contributed by atoms with Crippen molar-refractivity contribution < 1.29 is 9.59 Å². The SMILES string of the molecule is O=C(CCCCCC(=O)N1CCCC2CCCCC21)CC1CCCCCC1. The van der Waals surface area contributed by atoms with Crippen molar-refractivity contribution in [2.75, 3.05) is 6.54 Å². The molecule has 3 fully saturated rings. The molecule has 0 aromatic rings. The molecule has 3 nitrogen and oxygen atoms in total. The molecule has 0 N–H and O–H groups in total. The van der Waals surface area contributed by atoms with E-state index in [2.05, 4.69) is 4.90 Å². The predicted molar refractivity (Wildman–Crippen MR) is 111 cm³/mol. The van der Waals surface area contributed by atoms with E-state index in [0.29, 0.717) is 30.1 Å². The van der Waals surface area contributed by atoms with E-state index in [0.717, 1.165) is 44.6 Å². The molecule has 154 valence electrons. The predicted octanol–water partition coefficient (Wildman–Crippen LogP) is 6.05. The number of carbonyl (C=O) groups excluding carboxylic acids is 2. The number of piperidine rings is 1. The highest BCUT2D eigenvalue weighted by molar-refractivity contribution is 5.78. The number of likely N-dealkylation sites (tertiary alicyclic amines) is 1. The van der Waals surface area contributed by atoms with Crippen LogP contribution < -0.4 is 0 Å². The lowest BCUT2D eigenvalue weighted by Gasteiger charge is -2.44. The average Bonchev–Trinajstić information content (AvgIpc) is 2.95. The molecule has 1 aliphatic heterocycles. The van der Waals surface area contributed by atoms with Crippen LogP contribution in [0.5, 0.6) is 0 Å². The van der Waals surface area contributed by atoms with Gasteiger partial charge in [-0.25, -0.2) is 0 Å². The molecular weight excluding hydrogens is 334 g/mol. The summed E-state index contributed by atoms with van der Waals surface area (Å²) in [6.07, 6.45) is 20.8. The third-order valence-electron chi connectivity index (χ3n) is 7.40. The van der Waals surface area contributed by atoms with Gasteiger partial charge in [0.2, 0.25) is 5.91 Å². The van der Waals surface area contributed by atoms with Gasteiger partial charge in [0.15, 0.2) is 0 Å². The Kier molecular flexibility index (Phi) is 8.67. The summed E-state index contributed by atoms with van der Waals surface area (Å²) in [6.45, 7) is 0.986. The first kappa shape index (κ1) is 20.9. The number of Topliss-reactive ketones (excluding diaryl/α,β-unsaturated/α-hetero) is 1. The quantitative estimate of drug-likeness (QED) is 0.383. The second-order valence-corrected chi connectivity index (χ2v) is 9.50. The minimum atomic E-state index is 0.386. The van der Waals surface area contributed by atoms with E-state index in [1.54, 1.807) is 0 Å². The van der Waals surface area contributed by atoms with Crippen LogP contribution in [-0.4, -0.2) is 29.2 Å². The summed E-state index contributed by atoms with van der Waals surface area (Å²) in [5.74, 6) is 2.29. The number of fused-ring (bicyclic) bond motifs is 1. The number of amides is 1. The monoisotopic (exact) mass is 375 g/mol. The van der Waals surface area contributed by atoms with Gasteiger partial charge < -0.3 is 4.90 Å². The van der Waals surface area contributed by atoms with Crippen LogP contribution in [0.4, 0.5) is 0 Å². The maximum Gasteiger partial charge on any atom is 0.222 e. The fourth-order valence-electron chi connectivity index (χ4n) is 5.85. The molecule has 2 saturated carbocycles. The van der Waals surface area contributed by atoms with Gasteiger partial charge in [-0.15, -0.1) is 0 Å². The van der Waals surface area contributed by atoms with Crippen LogP contribution in [0.15, 0.2) is 0 Å². The largest absolute Gasteiger partial charge is 0.339 e. The van der Waals surface area contributed by atoms with Gasteiger partial charge in [0, 0.05) is 31.8 Å². The fourth-order valence-corrected chi connectivity index (χ4v) is 5.85. The lowest BCUT2D eigenvalue weighted by molar-refractivity contribution is -0.137. The lowest BCUT2D eigenvalue weighted by atomic mass is 9.78.